The normalized spacial score (nSPS) is 11.3. The molecule has 0 saturated carbocycles. The highest BCUT2D eigenvalue weighted by atomic mass is 31.2. The number of halogens is 4. The molecule has 9 heteroatoms. The highest BCUT2D eigenvalue weighted by molar-refractivity contribution is 7.48. The van der Waals surface area contributed by atoms with Crippen molar-refractivity contribution in [3.8, 4) is 11.5 Å². The molecule has 2 aromatic rings. The molecule has 0 bridgehead atoms. The van der Waals surface area contributed by atoms with E-state index in [0.29, 0.717) is 24.3 Å². The van der Waals surface area contributed by atoms with Gasteiger partial charge in [-0.1, -0.05) is 0 Å². The van der Waals surface area contributed by atoms with E-state index in [2.05, 4.69) is 9.05 Å². The van der Waals surface area contributed by atoms with Crippen molar-refractivity contribution in [2.45, 2.75) is 0 Å². The van der Waals surface area contributed by atoms with Gasteiger partial charge in [-0.3, -0.25) is 4.89 Å². The molecule has 0 saturated heterocycles. The zero-order valence-electron chi connectivity index (χ0n) is 10.1. The fourth-order valence-electron chi connectivity index (χ4n) is 1.35. The van der Waals surface area contributed by atoms with E-state index < -0.39 is 42.6 Å². The van der Waals surface area contributed by atoms with Crippen LogP contribution in [-0.2, 0) is 4.57 Å². The monoisotopic (exact) mass is 322 g/mol. The predicted octanol–water partition coefficient (Wildman–Crippen LogP) is 3.80. The van der Waals surface area contributed by atoms with Crippen LogP contribution in [0.15, 0.2) is 36.4 Å². The Hall–Kier alpha value is -2.05. The third kappa shape index (κ3) is 3.96. The van der Waals surface area contributed by atoms with Gasteiger partial charge in [0.15, 0.2) is 23.3 Å². The van der Waals surface area contributed by atoms with Crippen LogP contribution in [0.2, 0.25) is 0 Å². The van der Waals surface area contributed by atoms with Crippen molar-refractivity contribution < 1.29 is 36.1 Å². The van der Waals surface area contributed by atoms with E-state index in [1.165, 1.54) is 0 Å². The second-order valence-corrected chi connectivity index (χ2v) is 5.11. The first-order valence-electron chi connectivity index (χ1n) is 5.39. The van der Waals surface area contributed by atoms with Gasteiger partial charge in [0.25, 0.3) is 0 Å². The van der Waals surface area contributed by atoms with Gasteiger partial charge < -0.3 is 9.05 Å². The molecule has 2 aromatic carbocycles. The Balaban J connectivity index is 2.15. The first-order valence-corrected chi connectivity index (χ1v) is 6.88. The number of benzene rings is 2. The van der Waals surface area contributed by atoms with E-state index in [1.54, 1.807) is 0 Å². The number of phosphoric ester groups is 1. The smallest absolute Gasteiger partial charge is 0.395 e. The summed E-state index contributed by atoms with van der Waals surface area (Å²) in [5, 5.41) is 0. The van der Waals surface area contributed by atoms with E-state index >= 15 is 0 Å². The lowest BCUT2D eigenvalue weighted by Gasteiger charge is -2.14. The molecule has 2 rings (SSSR count). The molecule has 0 atom stereocenters. The van der Waals surface area contributed by atoms with Crippen LogP contribution in [0.25, 0.3) is 0 Å². The topological polar surface area (TPSA) is 55.8 Å². The lowest BCUT2D eigenvalue weighted by Crippen LogP contribution is -2.01. The second kappa shape index (κ2) is 5.75. The van der Waals surface area contributed by atoms with Crippen molar-refractivity contribution in [3.63, 3.8) is 0 Å². The van der Waals surface area contributed by atoms with Crippen molar-refractivity contribution in [2.75, 3.05) is 0 Å². The summed E-state index contributed by atoms with van der Waals surface area (Å²) >= 11 is 0. The van der Waals surface area contributed by atoms with Gasteiger partial charge in [0, 0.05) is 12.1 Å². The highest BCUT2D eigenvalue weighted by Crippen LogP contribution is 2.44. The first-order chi connectivity index (χ1) is 9.77. The minimum absolute atomic E-state index is 0.470. The first kappa shape index (κ1) is 15.3. The van der Waals surface area contributed by atoms with Crippen LogP contribution >= 0.6 is 7.82 Å². The zero-order chi connectivity index (χ0) is 15.6. The van der Waals surface area contributed by atoms with Crippen LogP contribution in [0, 0.1) is 23.3 Å². The number of hydrogen-bond acceptors (Lipinski definition) is 3. The molecule has 0 aliphatic carbocycles. The van der Waals surface area contributed by atoms with Crippen LogP contribution in [0.1, 0.15) is 0 Å². The Labute approximate surface area is 116 Å². The number of hydrogen-bond donors (Lipinski definition) is 1. The van der Waals surface area contributed by atoms with Crippen LogP contribution in [0.3, 0.4) is 0 Å². The summed E-state index contributed by atoms with van der Waals surface area (Å²) in [5.74, 6) is -5.86. The van der Waals surface area contributed by atoms with Gasteiger partial charge in [0.1, 0.15) is 11.5 Å². The standard InChI is InChI=1S/C12H7F4O4P/c13-9-3-1-7(5-11(9)15)19-21(17,18)20-8-2-4-10(14)12(16)6-8/h1-6H,(H,17,18). The Kier molecular flexibility index (Phi) is 4.20. The molecule has 4 nitrogen and oxygen atoms in total. The predicted molar refractivity (Wildman–Crippen MR) is 63.8 cm³/mol. The molecule has 0 fully saturated rings. The van der Waals surface area contributed by atoms with Crippen molar-refractivity contribution in [1.82, 2.24) is 0 Å². The average Bonchev–Trinajstić information content (AvgIpc) is 2.37. The van der Waals surface area contributed by atoms with Crippen molar-refractivity contribution in [2.24, 2.45) is 0 Å². The highest BCUT2D eigenvalue weighted by Gasteiger charge is 2.26. The van der Waals surface area contributed by atoms with Gasteiger partial charge in [0.2, 0.25) is 0 Å². The summed E-state index contributed by atoms with van der Waals surface area (Å²) < 4.78 is 71.8. The molecular weight excluding hydrogens is 315 g/mol. The summed E-state index contributed by atoms with van der Waals surface area (Å²) in [6, 6.07) is 4.23. The fourth-order valence-corrected chi connectivity index (χ4v) is 2.15. The zero-order valence-corrected chi connectivity index (χ0v) is 11.0. The number of phosphoric acid groups is 1. The molecular formula is C12H7F4O4P. The van der Waals surface area contributed by atoms with E-state index in [0.717, 1.165) is 12.1 Å². The SMILES string of the molecule is O=P(O)(Oc1ccc(F)c(F)c1)Oc1ccc(F)c(F)c1. The minimum atomic E-state index is -4.78. The third-order valence-corrected chi connectivity index (χ3v) is 3.11. The molecule has 0 unspecified atom stereocenters. The summed E-state index contributed by atoms with van der Waals surface area (Å²) in [5.41, 5.74) is 0. The second-order valence-electron chi connectivity index (χ2n) is 3.80. The van der Waals surface area contributed by atoms with Crippen molar-refractivity contribution >= 4 is 7.82 Å². The van der Waals surface area contributed by atoms with Crippen molar-refractivity contribution in [3.05, 3.63) is 59.7 Å². The lowest BCUT2D eigenvalue weighted by molar-refractivity contribution is 0.289. The van der Waals surface area contributed by atoms with Gasteiger partial charge in [-0.05, 0) is 24.3 Å². The quantitative estimate of drug-likeness (QED) is 0.687. The largest absolute Gasteiger partial charge is 0.584 e. The molecule has 0 spiro atoms. The van der Waals surface area contributed by atoms with Gasteiger partial charge in [-0.2, -0.15) is 0 Å². The molecule has 0 heterocycles. The molecule has 0 aromatic heterocycles. The van der Waals surface area contributed by atoms with E-state index in [1.807, 2.05) is 0 Å². The Morgan fingerprint density at radius 2 is 1.14 bits per heavy atom. The summed E-state index contributed by atoms with van der Waals surface area (Å²) in [4.78, 5) is 9.42. The molecule has 0 radical (unpaired) electrons. The Morgan fingerprint density at radius 3 is 1.48 bits per heavy atom. The maximum absolute atomic E-state index is 12.9. The number of rotatable bonds is 4. The Bertz CT molecular complexity index is 665. The average molecular weight is 322 g/mol. The van der Waals surface area contributed by atoms with Gasteiger partial charge in [-0.15, -0.1) is 0 Å². The van der Waals surface area contributed by atoms with Crippen molar-refractivity contribution in [1.29, 1.82) is 0 Å². The molecule has 0 aliphatic heterocycles. The fraction of sp³-hybridized carbons (Fsp3) is 0. The van der Waals surface area contributed by atoms with Crippen LogP contribution in [0.5, 0.6) is 11.5 Å². The van der Waals surface area contributed by atoms with E-state index in [-0.39, 0.29) is 0 Å². The minimum Gasteiger partial charge on any atom is -0.395 e. The van der Waals surface area contributed by atoms with E-state index in [4.69, 9.17) is 0 Å². The van der Waals surface area contributed by atoms with E-state index in [9.17, 15) is 27.0 Å². The van der Waals surface area contributed by atoms with Crippen LogP contribution in [0.4, 0.5) is 17.6 Å². The summed E-state index contributed by atoms with van der Waals surface area (Å²) in [6.07, 6.45) is 0. The molecule has 1 N–H and O–H groups in total. The molecule has 0 amide bonds. The van der Waals surface area contributed by atoms with Gasteiger partial charge in [-0.25, -0.2) is 22.1 Å². The third-order valence-electron chi connectivity index (χ3n) is 2.22. The maximum atomic E-state index is 12.9. The lowest BCUT2D eigenvalue weighted by atomic mass is 10.3. The molecule has 0 aliphatic rings. The molecule has 21 heavy (non-hydrogen) atoms. The Morgan fingerprint density at radius 1 is 0.762 bits per heavy atom. The van der Waals surface area contributed by atoms with Gasteiger partial charge >= 0.3 is 7.82 Å². The summed E-state index contributed by atoms with van der Waals surface area (Å²) in [7, 11) is -4.78. The van der Waals surface area contributed by atoms with Gasteiger partial charge in [0.05, 0.1) is 0 Å². The van der Waals surface area contributed by atoms with Crippen LogP contribution in [-0.4, -0.2) is 4.89 Å². The maximum Gasteiger partial charge on any atom is 0.584 e. The molecule has 112 valence electrons. The summed E-state index contributed by atoms with van der Waals surface area (Å²) in [6.45, 7) is 0. The van der Waals surface area contributed by atoms with Crippen LogP contribution < -0.4 is 9.05 Å².